The van der Waals surface area contributed by atoms with Gasteiger partial charge >= 0.3 is 12.3 Å². The van der Waals surface area contributed by atoms with Crippen molar-refractivity contribution in [3.63, 3.8) is 0 Å². The summed E-state index contributed by atoms with van der Waals surface area (Å²) in [7, 11) is 1.09. The molecule has 0 fully saturated rings. The molecule has 0 aliphatic rings. The molecule has 9 heteroatoms. The van der Waals surface area contributed by atoms with E-state index in [1.165, 1.54) is 0 Å². The summed E-state index contributed by atoms with van der Waals surface area (Å²) in [4.78, 5) is 15.3. The van der Waals surface area contributed by atoms with Crippen LogP contribution in [0.5, 0.6) is 11.5 Å². The average Bonchev–Trinajstić information content (AvgIpc) is 2.36. The van der Waals surface area contributed by atoms with Crippen LogP contribution in [0.25, 0.3) is 0 Å². The summed E-state index contributed by atoms with van der Waals surface area (Å²) in [5.41, 5.74) is 4.86. The molecule has 20 heavy (non-hydrogen) atoms. The summed E-state index contributed by atoms with van der Waals surface area (Å²) in [5.74, 6) is -2.08. The third-order valence-electron chi connectivity index (χ3n) is 2.17. The summed E-state index contributed by atoms with van der Waals surface area (Å²) in [6, 6.07) is 0. The Bertz CT molecular complexity index is 491. The Kier molecular flexibility index (Phi) is 5.14. The van der Waals surface area contributed by atoms with Crippen LogP contribution < -0.4 is 15.2 Å². The second kappa shape index (κ2) is 6.42. The fraction of sp³-hybridized carbons (Fsp3) is 0.455. The highest BCUT2D eigenvalue weighted by molar-refractivity contribution is 5.91. The summed E-state index contributed by atoms with van der Waals surface area (Å²) in [6.07, 6.45) is -3.94. The van der Waals surface area contributed by atoms with Gasteiger partial charge in [-0.1, -0.05) is 0 Å². The molecule has 0 bridgehead atoms. The Hall–Kier alpha value is -2.03. The van der Waals surface area contributed by atoms with Gasteiger partial charge in [0.25, 0.3) is 0 Å². The molecule has 0 atom stereocenters. The molecule has 0 spiro atoms. The van der Waals surface area contributed by atoms with E-state index in [1.807, 2.05) is 0 Å². The summed E-state index contributed by atoms with van der Waals surface area (Å²) in [5, 5.41) is 0. The first-order valence-corrected chi connectivity index (χ1v) is 5.52. The van der Waals surface area contributed by atoms with Gasteiger partial charge < -0.3 is 19.9 Å². The number of methoxy groups -OCH3 is 1. The number of aromatic nitrogens is 1. The lowest BCUT2D eigenvalue weighted by molar-refractivity contribution is -0.275. The van der Waals surface area contributed by atoms with Gasteiger partial charge in [-0.15, -0.1) is 13.2 Å². The second-order valence-corrected chi connectivity index (χ2v) is 3.47. The number of nitrogens with two attached hydrogens (primary N) is 1. The molecule has 6 nitrogen and oxygen atoms in total. The normalized spacial score (nSPS) is 11.1. The Balaban J connectivity index is 3.36. The van der Waals surface area contributed by atoms with Crippen molar-refractivity contribution < 1.29 is 32.2 Å². The van der Waals surface area contributed by atoms with Crippen LogP contribution >= 0.6 is 0 Å². The molecule has 0 aromatic carbocycles. The average molecular weight is 294 g/mol. The number of halogens is 3. The van der Waals surface area contributed by atoms with Gasteiger partial charge in [0.15, 0.2) is 17.2 Å². The van der Waals surface area contributed by atoms with Gasteiger partial charge in [0.2, 0.25) is 0 Å². The standard InChI is InChI=1S/C11H13F3N2O4/c1-3-19-10(17)7-9(18-2)8(20-11(12,13)14)6(4-15)5-16-7/h5H,3-4,15H2,1-2H3. The Labute approximate surface area is 112 Å². The lowest BCUT2D eigenvalue weighted by Gasteiger charge is -2.17. The van der Waals surface area contributed by atoms with Crippen LogP contribution in [-0.4, -0.2) is 31.0 Å². The Morgan fingerprint density at radius 2 is 2.05 bits per heavy atom. The van der Waals surface area contributed by atoms with Gasteiger partial charge in [0.05, 0.1) is 13.7 Å². The molecule has 0 amide bonds. The smallest absolute Gasteiger partial charge is 0.491 e. The topological polar surface area (TPSA) is 83.7 Å². The fourth-order valence-electron chi connectivity index (χ4n) is 1.42. The van der Waals surface area contributed by atoms with Gasteiger partial charge in [-0.25, -0.2) is 9.78 Å². The van der Waals surface area contributed by atoms with E-state index in [-0.39, 0.29) is 18.7 Å². The maximum atomic E-state index is 12.4. The highest BCUT2D eigenvalue weighted by atomic mass is 19.4. The SMILES string of the molecule is CCOC(=O)c1ncc(CN)c(OC(F)(F)F)c1OC. The highest BCUT2D eigenvalue weighted by Crippen LogP contribution is 2.37. The second-order valence-electron chi connectivity index (χ2n) is 3.47. The fourth-order valence-corrected chi connectivity index (χ4v) is 1.42. The maximum absolute atomic E-state index is 12.4. The van der Waals surface area contributed by atoms with E-state index < -0.39 is 29.5 Å². The number of esters is 1. The van der Waals surface area contributed by atoms with Crippen LogP contribution in [-0.2, 0) is 11.3 Å². The van der Waals surface area contributed by atoms with Gasteiger partial charge in [0, 0.05) is 18.3 Å². The predicted octanol–water partition coefficient (Wildman–Crippen LogP) is 1.62. The molecular weight excluding hydrogens is 281 g/mol. The highest BCUT2D eigenvalue weighted by Gasteiger charge is 2.35. The van der Waals surface area contributed by atoms with Crippen LogP contribution in [0.1, 0.15) is 23.0 Å². The zero-order chi connectivity index (χ0) is 15.3. The van der Waals surface area contributed by atoms with Crippen molar-refractivity contribution in [3.8, 4) is 11.5 Å². The minimum atomic E-state index is -4.95. The quantitative estimate of drug-likeness (QED) is 0.831. The molecular formula is C11H13F3N2O4. The van der Waals surface area contributed by atoms with Crippen LogP contribution in [0, 0.1) is 0 Å². The largest absolute Gasteiger partial charge is 0.573 e. The van der Waals surface area contributed by atoms with Gasteiger partial charge in [-0.3, -0.25) is 0 Å². The van der Waals surface area contributed by atoms with Crippen molar-refractivity contribution in [1.29, 1.82) is 0 Å². The monoisotopic (exact) mass is 294 g/mol. The van der Waals surface area contributed by atoms with Gasteiger partial charge in [0.1, 0.15) is 0 Å². The molecule has 0 aliphatic carbocycles. The molecule has 1 aromatic rings. The first kappa shape index (κ1) is 16.0. The minimum Gasteiger partial charge on any atom is -0.491 e. The molecule has 112 valence electrons. The van der Waals surface area contributed by atoms with E-state index in [2.05, 4.69) is 14.5 Å². The molecule has 1 aromatic heterocycles. The van der Waals surface area contributed by atoms with E-state index in [4.69, 9.17) is 10.5 Å². The maximum Gasteiger partial charge on any atom is 0.573 e. The van der Waals surface area contributed by atoms with Crippen LogP contribution in [0.15, 0.2) is 6.20 Å². The van der Waals surface area contributed by atoms with Gasteiger partial charge in [-0.2, -0.15) is 0 Å². The van der Waals surface area contributed by atoms with Crippen LogP contribution in [0.2, 0.25) is 0 Å². The van der Waals surface area contributed by atoms with Crippen molar-refractivity contribution in [3.05, 3.63) is 17.5 Å². The van der Waals surface area contributed by atoms with Gasteiger partial charge in [-0.05, 0) is 6.92 Å². The number of carbonyl (C=O) groups excluding carboxylic acids is 1. The van der Waals surface area contributed by atoms with Crippen LogP contribution in [0.3, 0.4) is 0 Å². The third-order valence-corrected chi connectivity index (χ3v) is 2.17. The molecule has 0 saturated carbocycles. The minimum absolute atomic E-state index is 0.0395. The van der Waals surface area contributed by atoms with Crippen molar-refractivity contribution in [1.82, 2.24) is 4.98 Å². The lowest BCUT2D eigenvalue weighted by Crippen LogP contribution is -2.21. The summed E-state index contributed by atoms with van der Waals surface area (Å²) in [6.45, 7) is 1.32. The Morgan fingerprint density at radius 1 is 1.40 bits per heavy atom. The number of hydrogen-bond acceptors (Lipinski definition) is 6. The number of nitrogens with zero attached hydrogens (tertiary/aromatic N) is 1. The number of rotatable bonds is 5. The number of pyridine rings is 1. The molecule has 0 unspecified atom stereocenters. The lowest BCUT2D eigenvalue weighted by atomic mass is 10.2. The van der Waals surface area contributed by atoms with Crippen molar-refractivity contribution in [2.24, 2.45) is 5.73 Å². The first-order valence-electron chi connectivity index (χ1n) is 5.52. The van der Waals surface area contributed by atoms with E-state index in [0.717, 1.165) is 13.3 Å². The zero-order valence-corrected chi connectivity index (χ0v) is 10.8. The van der Waals surface area contributed by atoms with Crippen molar-refractivity contribution in [2.45, 2.75) is 19.8 Å². The third kappa shape index (κ3) is 3.73. The molecule has 2 N–H and O–H groups in total. The number of hydrogen-bond donors (Lipinski definition) is 1. The first-order chi connectivity index (χ1) is 9.34. The number of ether oxygens (including phenoxy) is 3. The van der Waals surface area contributed by atoms with Crippen molar-refractivity contribution in [2.75, 3.05) is 13.7 Å². The molecule has 1 rings (SSSR count). The molecule has 1 heterocycles. The zero-order valence-electron chi connectivity index (χ0n) is 10.8. The number of alkyl halides is 3. The molecule has 0 radical (unpaired) electrons. The van der Waals surface area contributed by atoms with E-state index in [1.54, 1.807) is 6.92 Å². The Morgan fingerprint density at radius 3 is 2.50 bits per heavy atom. The van der Waals surface area contributed by atoms with E-state index >= 15 is 0 Å². The molecule has 0 aliphatic heterocycles. The van der Waals surface area contributed by atoms with Crippen LogP contribution in [0.4, 0.5) is 13.2 Å². The van der Waals surface area contributed by atoms with Crippen molar-refractivity contribution >= 4 is 5.97 Å². The number of carbonyl (C=O) groups is 1. The summed E-state index contributed by atoms with van der Waals surface area (Å²) < 4.78 is 50.5. The molecule has 0 saturated heterocycles. The van der Waals surface area contributed by atoms with E-state index in [9.17, 15) is 18.0 Å². The van der Waals surface area contributed by atoms with E-state index in [0.29, 0.717) is 0 Å². The predicted molar refractivity (Wildman–Crippen MR) is 61.3 cm³/mol. The summed E-state index contributed by atoms with van der Waals surface area (Å²) >= 11 is 0.